The molecular formula is C15H15BBrF4NO5. The number of hydrogen-bond donors (Lipinski definition) is 2. The van der Waals surface area contributed by atoms with Gasteiger partial charge in [-0.05, 0) is 24.6 Å². The van der Waals surface area contributed by atoms with Gasteiger partial charge in [-0.15, -0.1) is 0 Å². The Bertz CT molecular complexity index is 735. The van der Waals surface area contributed by atoms with Gasteiger partial charge in [0, 0.05) is 10.0 Å². The summed E-state index contributed by atoms with van der Waals surface area (Å²) in [6.45, 7) is -0.679. The second-order valence-electron chi connectivity index (χ2n) is 6.06. The van der Waals surface area contributed by atoms with E-state index < -0.39 is 53.6 Å². The van der Waals surface area contributed by atoms with Crippen LogP contribution in [0.25, 0.3) is 0 Å². The number of alkyl halides is 3. The van der Waals surface area contributed by atoms with Crippen LogP contribution >= 0.6 is 15.9 Å². The molecule has 0 aromatic heterocycles. The first kappa shape index (κ1) is 21.6. The standard InChI is InChI=1S/C15H15BBrF4NO5/c16-27-5-8-4-10(12(23)24)14(6-26-8,22-13(25)15(19,20)21)9-3-7(17)1-2-11(9)18/h1-3,8,10H,4-6,16H2,(H,22,25)(H,23,24)/t8-,10+,14-/m1/s1. The molecule has 0 bridgehead atoms. The zero-order chi connectivity index (χ0) is 20.4. The van der Waals surface area contributed by atoms with E-state index in [2.05, 4.69) is 15.9 Å². The van der Waals surface area contributed by atoms with Crippen LogP contribution in [0.15, 0.2) is 22.7 Å². The van der Waals surface area contributed by atoms with E-state index in [1.165, 1.54) is 14.1 Å². The largest absolute Gasteiger partial charge is 0.481 e. The molecule has 1 fully saturated rings. The van der Waals surface area contributed by atoms with E-state index in [1.54, 1.807) is 5.32 Å². The van der Waals surface area contributed by atoms with Crippen LogP contribution in [0, 0.1) is 11.7 Å². The Hall–Kier alpha value is -1.66. The molecule has 6 nitrogen and oxygen atoms in total. The molecule has 12 heteroatoms. The highest BCUT2D eigenvalue weighted by molar-refractivity contribution is 9.10. The van der Waals surface area contributed by atoms with Crippen molar-refractivity contribution in [2.45, 2.75) is 24.2 Å². The third-order valence-electron chi connectivity index (χ3n) is 4.29. The van der Waals surface area contributed by atoms with Gasteiger partial charge in [0.25, 0.3) is 8.05 Å². The lowest BCUT2D eigenvalue weighted by molar-refractivity contribution is -0.183. The van der Waals surface area contributed by atoms with Gasteiger partial charge in [-0.25, -0.2) is 4.39 Å². The van der Waals surface area contributed by atoms with E-state index in [9.17, 15) is 32.3 Å². The summed E-state index contributed by atoms with van der Waals surface area (Å²) in [6.07, 6.45) is -6.31. The van der Waals surface area contributed by atoms with E-state index in [-0.39, 0.29) is 13.0 Å². The van der Waals surface area contributed by atoms with E-state index in [0.717, 1.165) is 12.1 Å². The normalized spacial score (nSPS) is 25.8. The number of ether oxygens (including phenoxy) is 1. The van der Waals surface area contributed by atoms with E-state index in [1.807, 2.05) is 0 Å². The lowest BCUT2D eigenvalue weighted by atomic mass is 9.73. The number of halogens is 5. The highest BCUT2D eigenvalue weighted by Gasteiger charge is 2.54. The van der Waals surface area contributed by atoms with Crippen molar-refractivity contribution in [3.8, 4) is 0 Å². The van der Waals surface area contributed by atoms with Crippen molar-refractivity contribution in [2.75, 3.05) is 13.2 Å². The van der Waals surface area contributed by atoms with Crippen LogP contribution in [0.2, 0.25) is 0 Å². The first-order valence-electron chi connectivity index (χ1n) is 7.69. The summed E-state index contributed by atoms with van der Waals surface area (Å²) in [6, 6.07) is 3.38. The number of nitrogens with one attached hydrogen (secondary N) is 1. The SMILES string of the molecule is BOC[C@H]1C[C@@H](C(=O)O)[C@](NC(=O)C(F)(F)F)(c2cc(Br)ccc2F)CO1. The summed E-state index contributed by atoms with van der Waals surface area (Å²) in [5.41, 5.74) is -2.67. The Balaban J connectivity index is 2.59. The van der Waals surface area contributed by atoms with Gasteiger partial charge >= 0.3 is 18.1 Å². The number of aliphatic carboxylic acids is 1. The molecule has 2 N–H and O–H groups in total. The van der Waals surface area contributed by atoms with Crippen molar-refractivity contribution in [2.24, 2.45) is 5.92 Å². The molecule has 27 heavy (non-hydrogen) atoms. The van der Waals surface area contributed by atoms with Crippen LogP contribution in [-0.2, 0) is 24.5 Å². The average Bonchev–Trinajstić information content (AvgIpc) is 2.57. The maximum Gasteiger partial charge on any atom is 0.471 e. The van der Waals surface area contributed by atoms with Crippen LogP contribution in [0.5, 0.6) is 0 Å². The number of benzene rings is 1. The number of carbonyl (C=O) groups excluding carboxylic acids is 1. The summed E-state index contributed by atoms with van der Waals surface area (Å²) in [5, 5.41) is 11.3. The fourth-order valence-electron chi connectivity index (χ4n) is 3.06. The molecule has 0 aliphatic carbocycles. The molecule has 0 saturated carbocycles. The van der Waals surface area contributed by atoms with Crippen molar-refractivity contribution in [3.63, 3.8) is 0 Å². The zero-order valence-corrected chi connectivity index (χ0v) is 15.6. The fourth-order valence-corrected chi connectivity index (χ4v) is 3.43. The average molecular weight is 456 g/mol. The van der Waals surface area contributed by atoms with E-state index in [4.69, 9.17) is 9.39 Å². The van der Waals surface area contributed by atoms with Crippen molar-refractivity contribution in [3.05, 3.63) is 34.1 Å². The summed E-state index contributed by atoms with van der Waals surface area (Å²) in [5.74, 6) is -6.44. The van der Waals surface area contributed by atoms with Crippen molar-refractivity contribution in [1.29, 1.82) is 0 Å². The fraction of sp³-hybridized carbons (Fsp3) is 0.467. The molecule has 1 aliphatic heterocycles. The molecule has 1 aromatic carbocycles. The second-order valence-corrected chi connectivity index (χ2v) is 6.98. The Kier molecular flexibility index (Phi) is 6.53. The monoisotopic (exact) mass is 455 g/mol. The Labute approximate surface area is 160 Å². The highest BCUT2D eigenvalue weighted by Crippen LogP contribution is 2.41. The topological polar surface area (TPSA) is 84.9 Å². The molecule has 1 saturated heterocycles. The third-order valence-corrected chi connectivity index (χ3v) is 4.79. The van der Waals surface area contributed by atoms with Gasteiger partial charge in [-0.2, -0.15) is 13.2 Å². The van der Waals surface area contributed by atoms with Gasteiger partial charge < -0.3 is 19.8 Å². The second kappa shape index (κ2) is 8.15. The molecule has 3 atom stereocenters. The zero-order valence-electron chi connectivity index (χ0n) is 14.0. The molecule has 0 radical (unpaired) electrons. The molecule has 148 valence electrons. The molecule has 2 rings (SSSR count). The Morgan fingerprint density at radius 3 is 2.67 bits per heavy atom. The first-order chi connectivity index (χ1) is 12.5. The minimum Gasteiger partial charge on any atom is -0.481 e. The van der Waals surface area contributed by atoms with Crippen LogP contribution in [-0.4, -0.2) is 50.5 Å². The van der Waals surface area contributed by atoms with Crippen LogP contribution in [0.3, 0.4) is 0 Å². The Morgan fingerprint density at radius 2 is 2.11 bits per heavy atom. The summed E-state index contributed by atoms with van der Waals surface area (Å²) in [7, 11) is 1.35. The van der Waals surface area contributed by atoms with Crippen LogP contribution < -0.4 is 5.32 Å². The van der Waals surface area contributed by atoms with Crippen molar-refractivity contribution in [1.82, 2.24) is 5.32 Å². The van der Waals surface area contributed by atoms with E-state index in [0.29, 0.717) is 4.47 Å². The minimum atomic E-state index is -5.29. The van der Waals surface area contributed by atoms with Crippen molar-refractivity contribution >= 4 is 35.9 Å². The molecule has 0 spiro atoms. The molecule has 1 aliphatic rings. The number of hydrogen-bond acceptors (Lipinski definition) is 4. The lowest BCUT2D eigenvalue weighted by Crippen LogP contribution is -2.62. The number of amides is 1. The number of rotatable bonds is 5. The smallest absolute Gasteiger partial charge is 0.471 e. The number of carboxylic acid groups (broad SMARTS) is 1. The third kappa shape index (κ3) is 4.61. The number of carboxylic acids is 1. The predicted molar refractivity (Wildman–Crippen MR) is 90.0 cm³/mol. The van der Waals surface area contributed by atoms with Crippen LogP contribution in [0.4, 0.5) is 17.6 Å². The Morgan fingerprint density at radius 1 is 1.44 bits per heavy atom. The summed E-state index contributed by atoms with van der Waals surface area (Å²) in [4.78, 5) is 23.5. The van der Waals surface area contributed by atoms with Crippen LogP contribution in [0.1, 0.15) is 12.0 Å². The molecule has 1 aromatic rings. The van der Waals surface area contributed by atoms with E-state index >= 15 is 0 Å². The quantitative estimate of drug-likeness (QED) is 0.519. The van der Waals surface area contributed by atoms with Crippen molar-refractivity contribution < 1.29 is 41.6 Å². The van der Waals surface area contributed by atoms with Gasteiger partial charge in [0.15, 0.2) is 0 Å². The lowest BCUT2D eigenvalue weighted by Gasteiger charge is -2.45. The van der Waals surface area contributed by atoms with Gasteiger partial charge in [0.1, 0.15) is 11.4 Å². The van der Waals surface area contributed by atoms with Gasteiger partial charge in [-0.1, -0.05) is 15.9 Å². The molecular weight excluding hydrogens is 441 g/mol. The molecule has 1 heterocycles. The highest BCUT2D eigenvalue weighted by atomic mass is 79.9. The minimum absolute atomic E-state index is 0.00591. The maximum absolute atomic E-state index is 14.5. The summed E-state index contributed by atoms with van der Waals surface area (Å²) >= 11 is 3.08. The van der Waals surface area contributed by atoms with Gasteiger partial charge in [0.05, 0.1) is 25.2 Å². The maximum atomic E-state index is 14.5. The molecule has 1 amide bonds. The predicted octanol–water partition coefficient (Wildman–Crippen LogP) is 1.52. The number of carbonyl (C=O) groups is 2. The summed E-state index contributed by atoms with van der Waals surface area (Å²) < 4.78 is 63.7. The molecule has 0 unspecified atom stereocenters. The van der Waals surface area contributed by atoms with Gasteiger partial charge in [-0.3, -0.25) is 9.59 Å². The first-order valence-corrected chi connectivity index (χ1v) is 8.48. The van der Waals surface area contributed by atoms with Gasteiger partial charge in [0.2, 0.25) is 0 Å².